The van der Waals surface area contributed by atoms with E-state index in [2.05, 4.69) is 21.9 Å². The Morgan fingerprint density at radius 1 is 0.895 bits per heavy atom. The molecule has 0 bridgehead atoms. The van der Waals surface area contributed by atoms with Gasteiger partial charge in [0.25, 0.3) is 10.1 Å². The third kappa shape index (κ3) is 3.28. The molecular formula is C31H32N2O4S. The molecule has 2 saturated heterocycles. The molecule has 1 atom stereocenters. The molecule has 0 amide bonds. The first-order valence-electron chi connectivity index (χ1n) is 14.1. The standard InChI is InChI=1S/C31H32N2O4S/c34-38(35,36)26-12-2-1-9-21(26)27-24-17-19-7-3-13-32-15-5-10-22(28(19)32)30(24)37-31-23-11-6-16-33-14-4-8-20(29(23)33)18-25(27)31/h1-2,9,12,17-18,28H,3-8,10-11,13-16H2,(H,34,35,36). The van der Waals surface area contributed by atoms with Crippen LogP contribution in [0.15, 0.2) is 63.8 Å². The summed E-state index contributed by atoms with van der Waals surface area (Å²) in [6.07, 6.45) is 10.8. The number of nitrogens with zero attached hydrogens (tertiary/aromatic N) is 2. The summed E-state index contributed by atoms with van der Waals surface area (Å²) in [7, 11) is -4.42. The Morgan fingerprint density at radius 2 is 1.66 bits per heavy atom. The molecule has 7 heteroatoms. The lowest BCUT2D eigenvalue weighted by molar-refractivity contribution is 0.178. The maximum absolute atomic E-state index is 12.6. The second-order valence-electron chi connectivity index (χ2n) is 11.5. The normalized spacial score (nSPS) is 24.2. The number of allylic oxidation sites excluding steroid dienone is 1. The average molecular weight is 529 g/mol. The van der Waals surface area contributed by atoms with E-state index in [0.29, 0.717) is 11.6 Å². The number of fused-ring (bicyclic) bond motifs is 3. The van der Waals surface area contributed by atoms with Crippen LogP contribution in [0.1, 0.15) is 60.8 Å². The van der Waals surface area contributed by atoms with Crippen LogP contribution in [0.25, 0.3) is 5.57 Å². The topological polar surface area (TPSA) is 70.1 Å². The maximum Gasteiger partial charge on any atom is 0.295 e. The smallest absolute Gasteiger partial charge is 0.295 e. The molecule has 1 unspecified atom stereocenters. The number of ether oxygens (including phenoxy) is 1. The number of benzene rings is 2. The zero-order chi connectivity index (χ0) is 25.6. The predicted molar refractivity (Wildman–Crippen MR) is 147 cm³/mol. The zero-order valence-electron chi connectivity index (χ0n) is 21.5. The van der Waals surface area contributed by atoms with Crippen molar-refractivity contribution >= 4 is 21.4 Å². The van der Waals surface area contributed by atoms with E-state index in [4.69, 9.17) is 4.74 Å². The summed E-state index contributed by atoms with van der Waals surface area (Å²) in [6, 6.07) is 9.47. The fraction of sp³-hybridized carbons (Fsp3) is 0.419. The van der Waals surface area contributed by atoms with Gasteiger partial charge in [-0.1, -0.05) is 18.2 Å². The summed E-state index contributed by atoms with van der Waals surface area (Å²) in [5.74, 6) is 1.81. The van der Waals surface area contributed by atoms with Gasteiger partial charge in [-0.25, -0.2) is 0 Å². The van der Waals surface area contributed by atoms with Crippen LogP contribution in [0.4, 0.5) is 5.69 Å². The Hall–Kier alpha value is -2.87. The first-order valence-corrected chi connectivity index (χ1v) is 15.5. The zero-order valence-corrected chi connectivity index (χ0v) is 22.3. The Labute approximate surface area is 224 Å². The van der Waals surface area contributed by atoms with E-state index in [0.717, 1.165) is 106 Å². The summed E-state index contributed by atoms with van der Waals surface area (Å²) in [5, 5.41) is 0. The molecule has 5 heterocycles. The monoisotopic (exact) mass is 528 g/mol. The summed E-state index contributed by atoms with van der Waals surface area (Å²) in [6.45, 7) is 4.38. The molecule has 6 aliphatic rings. The minimum Gasteiger partial charge on any atom is -0.456 e. The molecule has 196 valence electrons. The highest BCUT2D eigenvalue weighted by atomic mass is 32.2. The summed E-state index contributed by atoms with van der Waals surface area (Å²) >= 11 is 0. The van der Waals surface area contributed by atoms with Crippen LogP contribution in [0.2, 0.25) is 0 Å². The van der Waals surface area contributed by atoms with Gasteiger partial charge < -0.3 is 9.64 Å². The quantitative estimate of drug-likeness (QED) is 0.535. The molecule has 0 aromatic heterocycles. The van der Waals surface area contributed by atoms with E-state index in [1.807, 2.05) is 12.1 Å². The third-order valence-electron chi connectivity index (χ3n) is 9.36. The van der Waals surface area contributed by atoms with Crippen LogP contribution in [0, 0.1) is 0 Å². The van der Waals surface area contributed by atoms with E-state index in [-0.39, 0.29) is 4.90 Å². The molecule has 2 aromatic carbocycles. The SMILES string of the molecule is O=S(=O)(O)c1ccccc1C1=C2C=C3CCCN4CCCC(=C2Oc2c1cc1c5c2CCCN5CCC1)C34. The van der Waals surface area contributed by atoms with Gasteiger partial charge in [0.2, 0.25) is 0 Å². The molecule has 0 saturated carbocycles. The van der Waals surface area contributed by atoms with Gasteiger partial charge in [-0.05, 0) is 99.4 Å². The highest BCUT2D eigenvalue weighted by Gasteiger charge is 2.42. The van der Waals surface area contributed by atoms with Gasteiger partial charge in [-0.15, -0.1) is 0 Å². The molecule has 38 heavy (non-hydrogen) atoms. The predicted octanol–water partition coefficient (Wildman–Crippen LogP) is 5.28. The summed E-state index contributed by atoms with van der Waals surface area (Å²) < 4.78 is 42.6. The van der Waals surface area contributed by atoms with Gasteiger partial charge in [-0.2, -0.15) is 8.42 Å². The highest BCUT2D eigenvalue weighted by Crippen LogP contribution is 2.54. The average Bonchev–Trinajstić information content (AvgIpc) is 2.92. The first kappa shape index (κ1) is 23.1. The fourth-order valence-corrected chi connectivity index (χ4v) is 8.67. The van der Waals surface area contributed by atoms with Gasteiger partial charge in [0.05, 0.1) is 6.04 Å². The summed E-state index contributed by atoms with van der Waals surface area (Å²) in [5.41, 5.74) is 10.1. The maximum atomic E-state index is 12.6. The van der Waals surface area contributed by atoms with Gasteiger partial charge in [0.15, 0.2) is 0 Å². The van der Waals surface area contributed by atoms with Gasteiger partial charge in [-0.3, -0.25) is 9.45 Å². The number of piperidine rings is 2. The number of hydrogen-bond donors (Lipinski definition) is 1. The van der Waals surface area contributed by atoms with E-state index in [1.54, 1.807) is 6.07 Å². The molecule has 1 N–H and O–H groups in total. The molecule has 5 aliphatic heterocycles. The van der Waals surface area contributed by atoms with E-state index in [1.165, 1.54) is 34.0 Å². The lowest BCUT2D eigenvalue weighted by Crippen LogP contribution is -2.47. The van der Waals surface area contributed by atoms with Crippen molar-refractivity contribution in [2.45, 2.75) is 62.3 Å². The molecule has 0 spiro atoms. The molecule has 8 rings (SSSR count). The number of rotatable bonds is 2. The van der Waals surface area contributed by atoms with Gasteiger partial charge in [0, 0.05) is 46.6 Å². The van der Waals surface area contributed by atoms with Crippen molar-refractivity contribution in [3.8, 4) is 5.75 Å². The molecule has 0 radical (unpaired) electrons. The minimum atomic E-state index is -4.42. The van der Waals surface area contributed by atoms with Crippen molar-refractivity contribution in [1.82, 2.24) is 4.90 Å². The summed E-state index contributed by atoms with van der Waals surface area (Å²) in [4.78, 5) is 5.08. The van der Waals surface area contributed by atoms with Crippen LogP contribution >= 0.6 is 0 Å². The van der Waals surface area contributed by atoms with Crippen molar-refractivity contribution < 1.29 is 17.7 Å². The van der Waals surface area contributed by atoms with Crippen molar-refractivity contribution in [3.63, 3.8) is 0 Å². The van der Waals surface area contributed by atoms with E-state index >= 15 is 0 Å². The Kier molecular flexibility index (Phi) is 5.04. The van der Waals surface area contributed by atoms with Crippen LogP contribution in [0.3, 0.4) is 0 Å². The van der Waals surface area contributed by atoms with Crippen LogP contribution in [-0.4, -0.2) is 50.1 Å². The third-order valence-corrected chi connectivity index (χ3v) is 10.3. The van der Waals surface area contributed by atoms with Crippen molar-refractivity contribution in [2.75, 3.05) is 31.1 Å². The second-order valence-corrected chi connectivity index (χ2v) is 12.9. The van der Waals surface area contributed by atoms with Gasteiger partial charge >= 0.3 is 0 Å². The van der Waals surface area contributed by atoms with Crippen molar-refractivity contribution in [3.05, 3.63) is 81.1 Å². The van der Waals surface area contributed by atoms with Crippen LogP contribution < -0.4 is 9.64 Å². The second kappa shape index (κ2) is 8.31. The molecular weight excluding hydrogens is 496 g/mol. The number of hydrogen-bond acceptors (Lipinski definition) is 5. The molecule has 6 nitrogen and oxygen atoms in total. The fourth-order valence-electron chi connectivity index (χ4n) is 7.97. The van der Waals surface area contributed by atoms with Crippen molar-refractivity contribution in [1.29, 1.82) is 0 Å². The lowest BCUT2D eigenvalue weighted by Gasteiger charge is -2.47. The Balaban J connectivity index is 1.48. The largest absolute Gasteiger partial charge is 0.456 e. The number of anilines is 1. The first-order chi connectivity index (χ1) is 18.5. The minimum absolute atomic E-state index is 0.0397. The highest BCUT2D eigenvalue weighted by molar-refractivity contribution is 7.86. The van der Waals surface area contributed by atoms with Gasteiger partial charge in [0.1, 0.15) is 16.4 Å². The molecule has 2 fully saturated rings. The van der Waals surface area contributed by atoms with E-state index < -0.39 is 10.1 Å². The Morgan fingerprint density at radius 3 is 2.50 bits per heavy atom. The Bertz CT molecular complexity index is 1600. The van der Waals surface area contributed by atoms with Crippen LogP contribution in [0.5, 0.6) is 5.75 Å². The molecule has 1 aliphatic carbocycles. The molecule has 2 aromatic rings. The van der Waals surface area contributed by atoms with E-state index in [9.17, 15) is 13.0 Å². The van der Waals surface area contributed by atoms with Crippen molar-refractivity contribution in [2.24, 2.45) is 0 Å². The van der Waals surface area contributed by atoms with Crippen LogP contribution in [-0.2, 0) is 23.0 Å². The lowest BCUT2D eigenvalue weighted by atomic mass is 9.75. The number of aryl methyl sites for hydroxylation is 1.